The molecule has 138 valence electrons. The number of carbonyl (C=O) groups is 1. The number of nitrogens with zero attached hydrogens (tertiary/aromatic N) is 2. The fourth-order valence-electron chi connectivity index (χ4n) is 3.69. The largest absolute Gasteiger partial charge is 0.288 e. The van der Waals surface area contributed by atoms with Gasteiger partial charge in [-0.05, 0) is 45.0 Å². The van der Waals surface area contributed by atoms with Crippen LogP contribution >= 0.6 is 0 Å². The summed E-state index contributed by atoms with van der Waals surface area (Å²) in [7, 11) is 2.11. The first-order chi connectivity index (χ1) is 12.8. The molecule has 1 amide bonds. The molecular formula is C24H27N2O+. The summed E-state index contributed by atoms with van der Waals surface area (Å²) in [6.07, 6.45) is 7.87. The second-order valence-electron chi connectivity index (χ2n) is 7.52. The molecule has 3 nitrogen and oxygen atoms in total. The van der Waals surface area contributed by atoms with Crippen molar-refractivity contribution in [3.8, 4) is 0 Å². The van der Waals surface area contributed by atoms with Crippen LogP contribution in [0.25, 0.3) is 0 Å². The molecule has 1 heterocycles. The molecular weight excluding hydrogens is 332 g/mol. The molecule has 0 unspecified atom stereocenters. The summed E-state index contributed by atoms with van der Waals surface area (Å²) in [6, 6.07) is 16.3. The Bertz CT molecular complexity index is 950. The number of anilines is 1. The average molecular weight is 359 g/mol. The van der Waals surface area contributed by atoms with Crippen LogP contribution in [0.5, 0.6) is 0 Å². The van der Waals surface area contributed by atoms with Crippen molar-refractivity contribution in [1.29, 1.82) is 0 Å². The minimum atomic E-state index is -0.0554. The Morgan fingerprint density at radius 1 is 1.07 bits per heavy atom. The van der Waals surface area contributed by atoms with Crippen molar-refractivity contribution in [1.82, 2.24) is 0 Å². The van der Waals surface area contributed by atoms with Crippen molar-refractivity contribution in [2.45, 2.75) is 33.1 Å². The van der Waals surface area contributed by atoms with Gasteiger partial charge in [-0.3, -0.25) is 9.69 Å². The maximum atomic E-state index is 12.0. The highest BCUT2D eigenvalue weighted by atomic mass is 16.2. The number of amides is 1. The highest BCUT2D eigenvalue weighted by molar-refractivity contribution is 6.03. The highest BCUT2D eigenvalue weighted by Crippen LogP contribution is 2.39. The van der Waals surface area contributed by atoms with Crippen LogP contribution in [0.3, 0.4) is 0 Å². The van der Waals surface area contributed by atoms with Gasteiger partial charge in [-0.1, -0.05) is 35.9 Å². The van der Waals surface area contributed by atoms with E-state index in [1.807, 2.05) is 48.7 Å². The van der Waals surface area contributed by atoms with Gasteiger partial charge in [0, 0.05) is 36.5 Å². The van der Waals surface area contributed by atoms with Crippen molar-refractivity contribution in [3.05, 3.63) is 84.1 Å². The molecule has 0 saturated carbocycles. The van der Waals surface area contributed by atoms with Crippen molar-refractivity contribution in [2.75, 3.05) is 11.9 Å². The third kappa shape index (κ3) is 3.63. The Balaban J connectivity index is 1.85. The molecule has 0 aromatic heterocycles. The topological polar surface area (TPSA) is 23.3 Å². The number of fused-ring (bicyclic) bond motifs is 1. The van der Waals surface area contributed by atoms with Gasteiger partial charge < -0.3 is 0 Å². The molecule has 0 spiro atoms. The van der Waals surface area contributed by atoms with Gasteiger partial charge in [0.15, 0.2) is 5.71 Å². The molecule has 0 saturated heterocycles. The number of allylic oxidation sites excluding steroid dienone is 3. The normalized spacial score (nSPS) is 15.6. The fourth-order valence-corrected chi connectivity index (χ4v) is 3.69. The zero-order chi connectivity index (χ0) is 19.6. The van der Waals surface area contributed by atoms with Crippen LogP contribution in [0.4, 0.5) is 11.4 Å². The van der Waals surface area contributed by atoms with Crippen molar-refractivity contribution in [2.24, 2.45) is 0 Å². The van der Waals surface area contributed by atoms with Gasteiger partial charge in [0.2, 0.25) is 11.6 Å². The summed E-state index contributed by atoms with van der Waals surface area (Å²) in [5.74, 6) is -0.0142. The van der Waals surface area contributed by atoms with Crippen LogP contribution in [-0.2, 0) is 10.2 Å². The van der Waals surface area contributed by atoms with Gasteiger partial charge in [0.05, 0.1) is 5.41 Å². The predicted molar refractivity (Wildman–Crippen MR) is 113 cm³/mol. The molecule has 0 N–H and O–H groups in total. The first-order valence-electron chi connectivity index (χ1n) is 9.24. The van der Waals surface area contributed by atoms with Crippen molar-refractivity contribution >= 4 is 23.0 Å². The van der Waals surface area contributed by atoms with E-state index in [1.165, 1.54) is 22.5 Å². The average Bonchev–Trinajstić information content (AvgIpc) is 2.82. The van der Waals surface area contributed by atoms with Gasteiger partial charge in [-0.2, -0.15) is 4.58 Å². The molecule has 0 fully saturated rings. The Morgan fingerprint density at radius 2 is 1.78 bits per heavy atom. The second-order valence-corrected chi connectivity index (χ2v) is 7.52. The second kappa shape index (κ2) is 7.36. The van der Waals surface area contributed by atoms with Crippen LogP contribution in [0.1, 0.15) is 31.9 Å². The standard InChI is InChI=1S/C24H27N2O/c1-18-14-15-22-21(17-18)24(3,4)23(25(22)5)13-9-10-16-26(19(2)27)20-11-7-6-8-12-20/h6-17H,1-5H3/q+1. The summed E-state index contributed by atoms with van der Waals surface area (Å²) >= 11 is 0. The number of rotatable bonds is 4. The molecule has 3 rings (SSSR count). The lowest BCUT2D eigenvalue weighted by Gasteiger charge is -2.16. The monoisotopic (exact) mass is 359 g/mol. The molecule has 2 aromatic carbocycles. The predicted octanol–water partition coefficient (Wildman–Crippen LogP) is 5.12. The minimum Gasteiger partial charge on any atom is -0.288 e. The van der Waals surface area contributed by atoms with E-state index in [0.717, 1.165) is 5.69 Å². The van der Waals surface area contributed by atoms with Crippen LogP contribution < -0.4 is 4.90 Å². The Morgan fingerprint density at radius 3 is 2.44 bits per heavy atom. The minimum absolute atomic E-state index is 0.0142. The smallest absolute Gasteiger partial charge is 0.227 e. The Labute approximate surface area is 162 Å². The molecule has 27 heavy (non-hydrogen) atoms. The number of carbonyl (C=O) groups excluding carboxylic acids is 1. The summed E-state index contributed by atoms with van der Waals surface area (Å²) in [5.41, 5.74) is 5.93. The molecule has 0 radical (unpaired) electrons. The van der Waals surface area contributed by atoms with Gasteiger partial charge >= 0.3 is 0 Å². The van der Waals surface area contributed by atoms with E-state index < -0.39 is 0 Å². The fraction of sp³-hybridized carbons (Fsp3) is 0.250. The molecule has 0 atom stereocenters. The Kier molecular flexibility index (Phi) is 5.13. The number of hydrogen-bond acceptors (Lipinski definition) is 1. The van der Waals surface area contributed by atoms with E-state index in [0.29, 0.717) is 0 Å². The SMILES string of the molecule is CC(=O)N(/C=C/C=C/C1=[N+](C)c2ccc(C)cc2C1(C)C)c1ccccc1. The lowest BCUT2D eigenvalue weighted by Crippen LogP contribution is -2.26. The van der Waals surface area contributed by atoms with Crippen molar-refractivity contribution < 1.29 is 9.37 Å². The molecule has 1 aliphatic heterocycles. The van der Waals surface area contributed by atoms with Crippen molar-refractivity contribution in [3.63, 3.8) is 0 Å². The van der Waals surface area contributed by atoms with E-state index in [1.54, 1.807) is 11.8 Å². The quantitative estimate of drug-likeness (QED) is 0.549. The zero-order valence-corrected chi connectivity index (χ0v) is 16.7. The summed E-state index contributed by atoms with van der Waals surface area (Å²) in [4.78, 5) is 13.6. The lowest BCUT2D eigenvalue weighted by atomic mass is 9.81. The summed E-state index contributed by atoms with van der Waals surface area (Å²) < 4.78 is 2.25. The van der Waals surface area contributed by atoms with Crippen LogP contribution in [0, 0.1) is 6.92 Å². The maximum Gasteiger partial charge on any atom is 0.227 e. The van der Waals surface area contributed by atoms with Gasteiger partial charge in [0.25, 0.3) is 0 Å². The van der Waals surface area contributed by atoms with E-state index >= 15 is 0 Å². The highest BCUT2D eigenvalue weighted by Gasteiger charge is 2.42. The van der Waals surface area contributed by atoms with E-state index in [-0.39, 0.29) is 11.3 Å². The van der Waals surface area contributed by atoms with Crippen LogP contribution in [-0.4, -0.2) is 23.2 Å². The first kappa shape index (κ1) is 18.8. The number of aryl methyl sites for hydroxylation is 1. The molecule has 0 bridgehead atoms. The molecule has 1 aliphatic rings. The molecule has 0 aliphatic carbocycles. The first-order valence-corrected chi connectivity index (χ1v) is 9.24. The van der Waals surface area contributed by atoms with Crippen LogP contribution in [0.15, 0.2) is 73.0 Å². The van der Waals surface area contributed by atoms with Crippen LogP contribution in [0.2, 0.25) is 0 Å². The molecule has 3 heteroatoms. The Hall–Kier alpha value is -2.94. The number of hydrogen-bond donors (Lipinski definition) is 0. The van der Waals surface area contributed by atoms with Gasteiger partial charge in [-0.15, -0.1) is 0 Å². The van der Waals surface area contributed by atoms with E-state index in [4.69, 9.17) is 0 Å². The number of benzene rings is 2. The summed E-state index contributed by atoms with van der Waals surface area (Å²) in [5, 5.41) is 0. The number of para-hydroxylation sites is 1. The maximum absolute atomic E-state index is 12.0. The zero-order valence-electron chi connectivity index (χ0n) is 16.7. The summed E-state index contributed by atoms with van der Waals surface area (Å²) in [6.45, 7) is 8.21. The molecule has 2 aromatic rings. The van der Waals surface area contributed by atoms with Gasteiger partial charge in [0.1, 0.15) is 7.05 Å². The third-order valence-corrected chi connectivity index (χ3v) is 5.16. The lowest BCUT2D eigenvalue weighted by molar-refractivity contribution is -0.401. The van der Waals surface area contributed by atoms with E-state index in [2.05, 4.69) is 56.7 Å². The van der Waals surface area contributed by atoms with E-state index in [9.17, 15) is 4.79 Å². The van der Waals surface area contributed by atoms with Gasteiger partial charge in [-0.25, -0.2) is 0 Å². The third-order valence-electron chi connectivity index (χ3n) is 5.16.